The maximum absolute atomic E-state index is 12.8. The van der Waals surface area contributed by atoms with E-state index >= 15 is 0 Å². The number of H-pyrrole nitrogens is 1. The molecule has 1 aromatic rings. The van der Waals surface area contributed by atoms with Crippen molar-refractivity contribution in [2.45, 2.75) is 45.5 Å². The zero-order chi connectivity index (χ0) is 21.7. The maximum Gasteiger partial charge on any atom is 0.247 e. The Labute approximate surface area is 175 Å². The smallest absolute Gasteiger partial charge is 0.247 e. The highest BCUT2D eigenvalue weighted by Gasteiger charge is 2.45. The van der Waals surface area contributed by atoms with Gasteiger partial charge in [-0.05, 0) is 19.2 Å². The van der Waals surface area contributed by atoms with Crippen LogP contribution in [-0.2, 0) is 9.53 Å². The quantitative estimate of drug-likeness (QED) is 0.259. The molecule has 0 fully saturated rings. The van der Waals surface area contributed by atoms with Crippen molar-refractivity contribution in [3.63, 3.8) is 0 Å². The summed E-state index contributed by atoms with van der Waals surface area (Å²) in [7, 11) is 2.65. The van der Waals surface area contributed by atoms with Gasteiger partial charge in [0.1, 0.15) is 6.42 Å². The van der Waals surface area contributed by atoms with Crippen LogP contribution >= 0.6 is 0 Å². The largest absolute Gasteiger partial charge is 0.345 e. The van der Waals surface area contributed by atoms with E-state index in [9.17, 15) is 4.79 Å². The summed E-state index contributed by atoms with van der Waals surface area (Å²) in [5.74, 6) is 1.30. The van der Waals surface area contributed by atoms with Crippen molar-refractivity contribution in [2.75, 3.05) is 34.0 Å². The number of nitrogens with zero attached hydrogens (tertiary/aromatic N) is 5. The molecule has 0 radical (unpaired) electrons. The van der Waals surface area contributed by atoms with E-state index in [-0.39, 0.29) is 16.8 Å². The summed E-state index contributed by atoms with van der Waals surface area (Å²) >= 11 is 0. The molecule has 2 heterocycles. The Hall–Kier alpha value is -2.10. The first kappa shape index (κ1) is 23.2. The second kappa shape index (κ2) is 9.60. The third kappa shape index (κ3) is 5.71. The lowest BCUT2D eigenvalue weighted by molar-refractivity contribution is -0.803. The van der Waals surface area contributed by atoms with E-state index in [4.69, 9.17) is 9.73 Å². The molecule has 0 saturated heterocycles. The number of aromatic nitrogens is 2. The number of hydrogen-bond acceptors (Lipinski definition) is 5. The highest BCUT2D eigenvalue weighted by atomic mass is 28.3. The molecule has 2 rings (SSSR count). The van der Waals surface area contributed by atoms with Gasteiger partial charge in [-0.2, -0.15) is 10.1 Å². The van der Waals surface area contributed by atoms with Crippen LogP contribution in [0.3, 0.4) is 0 Å². The first-order chi connectivity index (χ1) is 13.6. The third-order valence-electron chi connectivity index (χ3n) is 5.09. The van der Waals surface area contributed by atoms with Gasteiger partial charge in [-0.25, -0.2) is 9.48 Å². The van der Waals surface area contributed by atoms with E-state index in [2.05, 4.69) is 48.5 Å². The van der Waals surface area contributed by atoms with Gasteiger partial charge in [-0.3, -0.25) is 9.89 Å². The zero-order valence-electron chi connectivity index (χ0n) is 18.7. The molecule has 0 saturated carbocycles. The minimum Gasteiger partial charge on any atom is -0.345 e. The normalized spacial score (nSPS) is 19.4. The van der Waals surface area contributed by atoms with E-state index in [1.165, 1.54) is 0 Å². The van der Waals surface area contributed by atoms with Gasteiger partial charge in [0.25, 0.3) is 0 Å². The van der Waals surface area contributed by atoms with Crippen molar-refractivity contribution in [2.24, 2.45) is 9.98 Å². The van der Waals surface area contributed by atoms with Gasteiger partial charge < -0.3 is 9.64 Å². The molecule has 0 bridgehead atoms. The highest BCUT2D eigenvalue weighted by Crippen LogP contribution is 2.34. The second-order valence-electron chi connectivity index (χ2n) is 8.88. The standard InChI is InChI=1S/C20H35N6O2Si/c1-8-9-25(3)18(27)12-17-19(21-2)24-20(16-13-22-23-14-16)26(17,4)15-28-10-11-29(5,6)7/h13-14H,2,8-12,15H2,1,3-7H3,(H,22,23)/q+1. The molecule has 0 aromatic carbocycles. The molecule has 1 amide bonds. The van der Waals surface area contributed by atoms with Crippen molar-refractivity contribution in [3.8, 4) is 0 Å². The molecule has 1 unspecified atom stereocenters. The van der Waals surface area contributed by atoms with Crippen LogP contribution < -0.4 is 0 Å². The Morgan fingerprint density at radius 1 is 1.41 bits per heavy atom. The SMILES string of the molecule is C=NC1=C(CC(=O)N(C)CCC)[N+](C)(COCC[Si](C)(C)C)C(c2cn[nH]c2)=N1. The van der Waals surface area contributed by atoms with Crippen molar-refractivity contribution in [1.29, 1.82) is 0 Å². The number of carbonyl (C=O) groups is 1. The summed E-state index contributed by atoms with van der Waals surface area (Å²) in [6, 6.07) is 1.08. The van der Waals surface area contributed by atoms with Crippen LogP contribution in [0.5, 0.6) is 0 Å². The number of hydrogen-bond donors (Lipinski definition) is 1. The van der Waals surface area contributed by atoms with Gasteiger partial charge in [-0.1, -0.05) is 26.6 Å². The second-order valence-corrected chi connectivity index (χ2v) is 14.5. The van der Waals surface area contributed by atoms with Crippen LogP contribution in [0.2, 0.25) is 25.7 Å². The Morgan fingerprint density at radius 2 is 2.14 bits per heavy atom. The van der Waals surface area contributed by atoms with Crippen LogP contribution in [0, 0.1) is 0 Å². The Bertz CT molecular complexity index is 781. The number of rotatable bonds is 11. The van der Waals surface area contributed by atoms with E-state index in [1.54, 1.807) is 17.3 Å². The molecule has 160 valence electrons. The van der Waals surface area contributed by atoms with Crippen molar-refractivity contribution in [1.82, 2.24) is 15.1 Å². The van der Waals surface area contributed by atoms with E-state index in [1.807, 2.05) is 14.1 Å². The van der Waals surface area contributed by atoms with Gasteiger partial charge in [0.15, 0.2) is 12.4 Å². The monoisotopic (exact) mass is 419 g/mol. The summed E-state index contributed by atoms with van der Waals surface area (Å²) in [5.41, 5.74) is 1.66. The summed E-state index contributed by atoms with van der Waals surface area (Å²) in [4.78, 5) is 23.4. The first-order valence-corrected chi connectivity index (χ1v) is 13.8. The fourth-order valence-electron chi connectivity index (χ4n) is 3.23. The molecular weight excluding hydrogens is 384 g/mol. The number of aliphatic imine (C=N–C) groups is 2. The molecule has 9 heteroatoms. The van der Waals surface area contributed by atoms with Crippen LogP contribution in [-0.4, -0.2) is 80.1 Å². The number of amides is 1. The van der Waals surface area contributed by atoms with E-state index in [0.29, 0.717) is 19.2 Å². The average molecular weight is 420 g/mol. The lowest BCUT2D eigenvalue weighted by atomic mass is 10.2. The lowest BCUT2D eigenvalue weighted by Crippen LogP contribution is -2.49. The molecule has 1 aliphatic heterocycles. The van der Waals surface area contributed by atoms with Gasteiger partial charge in [0.2, 0.25) is 17.6 Å². The summed E-state index contributed by atoms with van der Waals surface area (Å²) in [6.45, 7) is 14.5. The van der Waals surface area contributed by atoms with Gasteiger partial charge in [-0.15, -0.1) is 0 Å². The Kier molecular flexibility index (Phi) is 7.67. The molecule has 1 aliphatic rings. The number of quaternary nitrogens is 1. The van der Waals surface area contributed by atoms with Crippen LogP contribution in [0.25, 0.3) is 0 Å². The third-order valence-corrected chi connectivity index (χ3v) is 6.79. The molecular formula is C20H35N6O2Si+. The number of nitrogens with one attached hydrogen (secondary N) is 1. The van der Waals surface area contributed by atoms with E-state index in [0.717, 1.165) is 36.1 Å². The predicted octanol–water partition coefficient (Wildman–Crippen LogP) is 3.06. The zero-order valence-corrected chi connectivity index (χ0v) is 19.7. The van der Waals surface area contributed by atoms with E-state index < -0.39 is 8.07 Å². The van der Waals surface area contributed by atoms with Crippen LogP contribution in [0.15, 0.2) is 33.9 Å². The molecule has 1 N–H and O–H groups in total. The molecule has 8 nitrogen and oxygen atoms in total. The number of carbonyl (C=O) groups excluding carboxylic acids is 1. The Morgan fingerprint density at radius 3 is 2.69 bits per heavy atom. The highest BCUT2D eigenvalue weighted by molar-refractivity contribution is 6.76. The van der Waals surface area contributed by atoms with Gasteiger partial charge in [0, 0.05) is 27.9 Å². The molecule has 29 heavy (non-hydrogen) atoms. The van der Waals surface area contributed by atoms with Crippen LogP contribution in [0.4, 0.5) is 0 Å². The van der Waals surface area contributed by atoms with Crippen molar-refractivity contribution in [3.05, 3.63) is 29.5 Å². The minimum atomic E-state index is -1.19. The fraction of sp³-hybridized carbons (Fsp3) is 0.600. The lowest BCUT2D eigenvalue weighted by Gasteiger charge is -2.32. The first-order valence-electron chi connectivity index (χ1n) is 10.1. The fourth-order valence-corrected chi connectivity index (χ4v) is 3.99. The summed E-state index contributed by atoms with van der Waals surface area (Å²) in [6.07, 6.45) is 4.66. The Balaban J connectivity index is 2.29. The predicted molar refractivity (Wildman–Crippen MR) is 119 cm³/mol. The molecule has 1 atom stereocenters. The average Bonchev–Trinajstić information content (AvgIpc) is 3.26. The summed E-state index contributed by atoms with van der Waals surface area (Å²) in [5, 5.41) is 6.90. The number of ether oxygens (including phenoxy) is 1. The summed E-state index contributed by atoms with van der Waals surface area (Å²) < 4.78 is 6.38. The number of amidine groups is 1. The van der Waals surface area contributed by atoms with Crippen molar-refractivity contribution < 1.29 is 14.0 Å². The van der Waals surface area contributed by atoms with Gasteiger partial charge in [0.05, 0.1) is 25.4 Å². The molecule has 0 aliphatic carbocycles. The topological polar surface area (TPSA) is 82.9 Å². The molecule has 0 spiro atoms. The van der Waals surface area contributed by atoms with Crippen molar-refractivity contribution >= 4 is 26.5 Å². The minimum absolute atomic E-state index is 0.0399. The number of aromatic amines is 1. The van der Waals surface area contributed by atoms with Gasteiger partial charge >= 0.3 is 0 Å². The molecule has 1 aromatic heterocycles. The van der Waals surface area contributed by atoms with Crippen LogP contribution in [0.1, 0.15) is 25.3 Å². The maximum atomic E-state index is 12.8.